The van der Waals surface area contributed by atoms with Crippen molar-refractivity contribution in [2.24, 2.45) is 0 Å². The molecular weight excluding hydrogens is 210 g/mol. The van der Waals surface area contributed by atoms with Crippen molar-refractivity contribution in [1.82, 2.24) is 4.98 Å². The van der Waals surface area contributed by atoms with Gasteiger partial charge in [-0.2, -0.15) is 0 Å². The van der Waals surface area contributed by atoms with Crippen LogP contribution in [0.25, 0.3) is 11.1 Å². The molecule has 0 bridgehead atoms. The topological polar surface area (TPSA) is 33.1 Å². The van der Waals surface area contributed by atoms with E-state index in [2.05, 4.69) is 17.1 Å². The van der Waals surface area contributed by atoms with Gasteiger partial charge in [0.1, 0.15) is 5.75 Å². The molecule has 2 nitrogen and oxygen atoms in total. The van der Waals surface area contributed by atoms with Gasteiger partial charge in [0.25, 0.3) is 0 Å². The fourth-order valence-electron chi connectivity index (χ4n) is 2.16. The van der Waals surface area contributed by atoms with Crippen molar-refractivity contribution in [1.29, 1.82) is 0 Å². The highest BCUT2D eigenvalue weighted by molar-refractivity contribution is 5.67. The van der Waals surface area contributed by atoms with Crippen molar-refractivity contribution >= 4 is 0 Å². The summed E-state index contributed by atoms with van der Waals surface area (Å²) in [6.45, 7) is 2.00. The van der Waals surface area contributed by atoms with Crippen LogP contribution in [0.2, 0.25) is 0 Å². The Bertz CT molecular complexity index is 541. The van der Waals surface area contributed by atoms with Gasteiger partial charge >= 0.3 is 0 Å². The predicted octanol–water partition coefficient (Wildman–Crippen LogP) is 3.64. The van der Waals surface area contributed by atoms with Crippen LogP contribution < -0.4 is 0 Å². The van der Waals surface area contributed by atoms with Crippen molar-refractivity contribution in [3.05, 3.63) is 47.8 Å². The SMILES string of the molecule is Cc1cc(O)ccc1-c1ccc(C2CC2)nc1. The number of aromatic hydroxyl groups is 1. The zero-order valence-corrected chi connectivity index (χ0v) is 9.85. The molecule has 1 saturated carbocycles. The third kappa shape index (κ3) is 2.03. The van der Waals surface area contributed by atoms with E-state index in [1.165, 1.54) is 18.5 Å². The number of rotatable bonds is 2. The highest BCUT2D eigenvalue weighted by Crippen LogP contribution is 2.39. The predicted molar refractivity (Wildman–Crippen MR) is 68.0 cm³/mol. The molecule has 1 N–H and O–H groups in total. The van der Waals surface area contributed by atoms with Crippen LogP contribution in [0.3, 0.4) is 0 Å². The van der Waals surface area contributed by atoms with Crippen LogP contribution in [0.15, 0.2) is 36.5 Å². The maximum absolute atomic E-state index is 9.39. The van der Waals surface area contributed by atoms with Gasteiger partial charge in [0, 0.05) is 23.4 Å². The van der Waals surface area contributed by atoms with E-state index in [1.54, 1.807) is 12.1 Å². The fraction of sp³-hybridized carbons (Fsp3) is 0.267. The van der Waals surface area contributed by atoms with Crippen molar-refractivity contribution in [3.63, 3.8) is 0 Å². The number of pyridine rings is 1. The van der Waals surface area contributed by atoms with Gasteiger partial charge < -0.3 is 5.11 Å². The highest BCUT2D eigenvalue weighted by Gasteiger charge is 2.24. The second kappa shape index (κ2) is 3.88. The smallest absolute Gasteiger partial charge is 0.115 e. The summed E-state index contributed by atoms with van der Waals surface area (Å²) in [6, 6.07) is 9.69. The van der Waals surface area contributed by atoms with Gasteiger partial charge in [-0.15, -0.1) is 0 Å². The maximum Gasteiger partial charge on any atom is 0.115 e. The van der Waals surface area contributed by atoms with E-state index in [-0.39, 0.29) is 0 Å². The summed E-state index contributed by atoms with van der Waals surface area (Å²) >= 11 is 0. The molecule has 0 unspecified atom stereocenters. The highest BCUT2D eigenvalue weighted by atomic mass is 16.3. The molecule has 86 valence electrons. The molecule has 1 aliphatic carbocycles. The minimum Gasteiger partial charge on any atom is -0.508 e. The Morgan fingerprint density at radius 3 is 2.59 bits per heavy atom. The zero-order valence-electron chi connectivity index (χ0n) is 9.85. The molecule has 1 fully saturated rings. The minimum absolute atomic E-state index is 0.314. The first-order chi connectivity index (χ1) is 8.24. The van der Waals surface area contributed by atoms with Gasteiger partial charge in [-0.25, -0.2) is 0 Å². The lowest BCUT2D eigenvalue weighted by Crippen LogP contribution is -1.88. The molecule has 0 aliphatic heterocycles. The molecule has 1 aromatic heterocycles. The van der Waals surface area contributed by atoms with Crippen molar-refractivity contribution < 1.29 is 5.11 Å². The number of aromatic nitrogens is 1. The van der Waals surface area contributed by atoms with Crippen LogP contribution in [0, 0.1) is 6.92 Å². The number of nitrogens with zero attached hydrogens (tertiary/aromatic N) is 1. The van der Waals surface area contributed by atoms with Gasteiger partial charge in [0.15, 0.2) is 0 Å². The van der Waals surface area contributed by atoms with E-state index in [1.807, 2.05) is 19.2 Å². The summed E-state index contributed by atoms with van der Waals surface area (Å²) in [5.41, 5.74) is 4.54. The minimum atomic E-state index is 0.314. The van der Waals surface area contributed by atoms with Gasteiger partial charge in [-0.05, 0) is 49.1 Å². The van der Waals surface area contributed by atoms with Gasteiger partial charge in [-0.3, -0.25) is 4.98 Å². The third-order valence-corrected chi connectivity index (χ3v) is 3.30. The summed E-state index contributed by atoms with van der Waals surface area (Å²) in [4.78, 5) is 4.52. The molecule has 0 amide bonds. The van der Waals surface area contributed by atoms with E-state index >= 15 is 0 Å². The van der Waals surface area contributed by atoms with Gasteiger partial charge in [-0.1, -0.05) is 12.1 Å². The molecule has 1 aromatic carbocycles. The zero-order chi connectivity index (χ0) is 11.8. The normalized spacial score (nSPS) is 14.9. The van der Waals surface area contributed by atoms with Crippen molar-refractivity contribution in [2.45, 2.75) is 25.7 Å². The molecule has 3 rings (SSSR count). The van der Waals surface area contributed by atoms with Gasteiger partial charge in [0.2, 0.25) is 0 Å². The number of benzene rings is 1. The van der Waals surface area contributed by atoms with Crippen molar-refractivity contribution in [2.75, 3.05) is 0 Å². The summed E-state index contributed by atoms with van der Waals surface area (Å²) < 4.78 is 0. The Morgan fingerprint density at radius 1 is 1.18 bits per heavy atom. The summed E-state index contributed by atoms with van der Waals surface area (Å²) in [5.74, 6) is 1.01. The molecule has 0 saturated heterocycles. The summed E-state index contributed by atoms with van der Waals surface area (Å²) in [7, 11) is 0. The van der Waals surface area contributed by atoms with Crippen molar-refractivity contribution in [3.8, 4) is 16.9 Å². The Hall–Kier alpha value is -1.83. The lowest BCUT2D eigenvalue weighted by molar-refractivity contribution is 0.475. The molecule has 1 aliphatic rings. The number of phenols is 1. The second-order valence-electron chi connectivity index (χ2n) is 4.75. The number of hydrogen-bond donors (Lipinski definition) is 1. The Kier molecular flexibility index (Phi) is 2.36. The Morgan fingerprint density at radius 2 is 2.00 bits per heavy atom. The molecular formula is C15H15NO. The van der Waals surface area contributed by atoms with Crippen LogP contribution in [0.5, 0.6) is 5.75 Å². The first kappa shape index (κ1) is 10.3. The second-order valence-corrected chi connectivity index (χ2v) is 4.75. The summed E-state index contributed by atoms with van der Waals surface area (Å²) in [5, 5.41) is 9.39. The monoisotopic (exact) mass is 225 g/mol. The quantitative estimate of drug-likeness (QED) is 0.846. The van der Waals surface area contributed by atoms with E-state index < -0.39 is 0 Å². The molecule has 0 radical (unpaired) electrons. The number of phenolic OH excluding ortho intramolecular Hbond substituents is 1. The van der Waals surface area contributed by atoms with E-state index in [0.717, 1.165) is 16.7 Å². The largest absolute Gasteiger partial charge is 0.508 e. The molecule has 2 heteroatoms. The number of hydrogen-bond acceptors (Lipinski definition) is 2. The van der Waals surface area contributed by atoms with E-state index in [0.29, 0.717) is 11.7 Å². The number of aryl methyl sites for hydroxylation is 1. The third-order valence-electron chi connectivity index (χ3n) is 3.30. The fourth-order valence-corrected chi connectivity index (χ4v) is 2.16. The van der Waals surface area contributed by atoms with Gasteiger partial charge in [0.05, 0.1) is 0 Å². The molecule has 0 spiro atoms. The maximum atomic E-state index is 9.39. The standard InChI is InChI=1S/C15H15NO/c1-10-8-13(17)5-6-14(10)12-4-7-15(16-9-12)11-2-3-11/h4-9,11,17H,2-3H2,1H3. The lowest BCUT2D eigenvalue weighted by Gasteiger charge is -2.07. The van der Waals surface area contributed by atoms with E-state index in [9.17, 15) is 5.11 Å². The molecule has 0 atom stereocenters. The first-order valence-corrected chi connectivity index (χ1v) is 6.00. The summed E-state index contributed by atoms with van der Waals surface area (Å²) in [6.07, 6.45) is 4.50. The van der Waals surface area contributed by atoms with E-state index in [4.69, 9.17) is 0 Å². The average Bonchev–Trinajstić information content (AvgIpc) is 3.13. The molecule has 1 heterocycles. The van der Waals surface area contributed by atoms with Crippen LogP contribution in [-0.2, 0) is 0 Å². The van der Waals surface area contributed by atoms with Crippen LogP contribution >= 0.6 is 0 Å². The first-order valence-electron chi connectivity index (χ1n) is 6.00. The van der Waals surface area contributed by atoms with Crippen LogP contribution in [0.1, 0.15) is 30.0 Å². The van der Waals surface area contributed by atoms with Crippen LogP contribution in [0.4, 0.5) is 0 Å². The Labute approximate surface area is 101 Å². The van der Waals surface area contributed by atoms with Crippen LogP contribution in [-0.4, -0.2) is 10.1 Å². The molecule has 2 aromatic rings. The average molecular weight is 225 g/mol. The molecule has 17 heavy (non-hydrogen) atoms. The Balaban J connectivity index is 1.97. The lowest BCUT2D eigenvalue weighted by atomic mass is 10.0.